The predicted octanol–water partition coefficient (Wildman–Crippen LogP) is 2.07. The molecule has 0 saturated carbocycles. The second-order valence-electron chi connectivity index (χ2n) is 4.69. The maximum atomic E-state index is 12.8. The third-order valence-electron chi connectivity index (χ3n) is 2.70. The van der Waals surface area contributed by atoms with Gasteiger partial charge in [-0.3, -0.25) is 4.79 Å². The van der Waals surface area contributed by atoms with Gasteiger partial charge in [0.15, 0.2) is 18.5 Å². The fourth-order valence-corrected chi connectivity index (χ4v) is 1.62. The van der Waals surface area contributed by atoms with Crippen molar-refractivity contribution in [1.29, 1.82) is 0 Å². The zero-order valence-corrected chi connectivity index (χ0v) is 12.5. The van der Waals surface area contributed by atoms with Crippen LogP contribution in [0.2, 0.25) is 0 Å². The first-order chi connectivity index (χ1) is 10.9. The molecule has 122 valence electrons. The van der Waals surface area contributed by atoms with E-state index in [9.17, 15) is 14.0 Å². The molecule has 1 aromatic heterocycles. The van der Waals surface area contributed by atoms with Crippen molar-refractivity contribution in [3.8, 4) is 5.75 Å². The standard InChI is InChI=1S/C15H15FN2O5/c1-9-7-13(18-23-9)17-14(19)8-21-15(20)10(2)22-12-5-3-11(16)4-6-12/h3-7,10H,8H2,1-2H3,(H,17,18,19)/t10-/m0/s1. The molecule has 2 aromatic rings. The number of ether oxygens (including phenoxy) is 2. The van der Waals surface area contributed by atoms with Crippen LogP contribution in [0, 0.1) is 12.7 Å². The summed E-state index contributed by atoms with van der Waals surface area (Å²) >= 11 is 0. The molecule has 1 atom stereocenters. The van der Waals surface area contributed by atoms with E-state index in [1.807, 2.05) is 0 Å². The first-order valence-corrected chi connectivity index (χ1v) is 6.76. The van der Waals surface area contributed by atoms with Crippen LogP contribution < -0.4 is 10.1 Å². The number of amides is 1. The van der Waals surface area contributed by atoms with Crippen LogP contribution >= 0.6 is 0 Å². The van der Waals surface area contributed by atoms with E-state index < -0.39 is 30.4 Å². The number of aromatic nitrogens is 1. The van der Waals surface area contributed by atoms with Gasteiger partial charge in [0, 0.05) is 6.07 Å². The van der Waals surface area contributed by atoms with E-state index in [1.165, 1.54) is 37.3 Å². The lowest BCUT2D eigenvalue weighted by atomic mass is 10.3. The number of esters is 1. The summed E-state index contributed by atoms with van der Waals surface area (Å²) in [6, 6.07) is 6.72. The van der Waals surface area contributed by atoms with Gasteiger partial charge < -0.3 is 19.3 Å². The minimum absolute atomic E-state index is 0.235. The van der Waals surface area contributed by atoms with Crippen LogP contribution in [0.5, 0.6) is 5.75 Å². The molecule has 1 amide bonds. The van der Waals surface area contributed by atoms with E-state index in [-0.39, 0.29) is 5.82 Å². The summed E-state index contributed by atoms with van der Waals surface area (Å²) in [5, 5.41) is 5.99. The Hall–Kier alpha value is -2.90. The third-order valence-corrected chi connectivity index (χ3v) is 2.70. The number of rotatable bonds is 6. The van der Waals surface area contributed by atoms with Crippen LogP contribution in [0.4, 0.5) is 10.2 Å². The summed E-state index contributed by atoms with van der Waals surface area (Å²) in [7, 11) is 0. The summed E-state index contributed by atoms with van der Waals surface area (Å²) in [6.07, 6.45) is -0.942. The van der Waals surface area contributed by atoms with Crippen molar-refractivity contribution in [2.75, 3.05) is 11.9 Å². The van der Waals surface area contributed by atoms with Gasteiger partial charge in [-0.05, 0) is 38.1 Å². The highest BCUT2D eigenvalue weighted by molar-refractivity contribution is 5.92. The SMILES string of the molecule is Cc1cc(NC(=O)COC(=O)[C@H](C)Oc2ccc(F)cc2)no1. The molecular formula is C15H15FN2O5. The Bertz CT molecular complexity index is 683. The Morgan fingerprint density at radius 2 is 2.04 bits per heavy atom. The molecule has 0 spiro atoms. The third kappa shape index (κ3) is 5.10. The Morgan fingerprint density at radius 1 is 1.35 bits per heavy atom. The summed E-state index contributed by atoms with van der Waals surface area (Å²) in [5.41, 5.74) is 0. The van der Waals surface area contributed by atoms with E-state index in [0.29, 0.717) is 11.5 Å². The second kappa shape index (κ2) is 7.39. The molecular weight excluding hydrogens is 307 g/mol. The maximum Gasteiger partial charge on any atom is 0.347 e. The van der Waals surface area contributed by atoms with Gasteiger partial charge in [0.05, 0.1) is 0 Å². The number of hydrogen-bond donors (Lipinski definition) is 1. The molecule has 7 nitrogen and oxygen atoms in total. The Kier molecular flexibility index (Phi) is 5.29. The molecule has 0 aliphatic rings. The van der Waals surface area contributed by atoms with Gasteiger partial charge in [-0.2, -0.15) is 0 Å². The predicted molar refractivity (Wildman–Crippen MR) is 77.3 cm³/mol. The molecule has 0 radical (unpaired) electrons. The highest BCUT2D eigenvalue weighted by Gasteiger charge is 2.18. The fraction of sp³-hybridized carbons (Fsp3) is 0.267. The second-order valence-corrected chi connectivity index (χ2v) is 4.69. The molecule has 0 bridgehead atoms. The zero-order chi connectivity index (χ0) is 16.8. The first kappa shape index (κ1) is 16.5. The molecule has 1 N–H and O–H groups in total. The van der Waals surface area contributed by atoms with Crippen molar-refractivity contribution in [1.82, 2.24) is 5.16 Å². The average Bonchev–Trinajstić information content (AvgIpc) is 2.92. The summed E-state index contributed by atoms with van der Waals surface area (Å²) in [4.78, 5) is 23.3. The lowest BCUT2D eigenvalue weighted by molar-refractivity contribution is -0.153. The largest absolute Gasteiger partial charge is 0.479 e. The van der Waals surface area contributed by atoms with Crippen molar-refractivity contribution in [3.05, 3.63) is 41.9 Å². The van der Waals surface area contributed by atoms with E-state index in [1.54, 1.807) is 6.92 Å². The fourth-order valence-electron chi connectivity index (χ4n) is 1.62. The Morgan fingerprint density at radius 3 is 2.65 bits per heavy atom. The van der Waals surface area contributed by atoms with Crippen LogP contribution in [0.25, 0.3) is 0 Å². The summed E-state index contributed by atoms with van der Waals surface area (Å²) in [6.45, 7) is 2.66. The van der Waals surface area contributed by atoms with Crippen LogP contribution in [-0.2, 0) is 14.3 Å². The normalized spacial score (nSPS) is 11.6. The van der Waals surface area contributed by atoms with Crippen LogP contribution in [0.3, 0.4) is 0 Å². The molecule has 23 heavy (non-hydrogen) atoms. The molecule has 0 fully saturated rings. The van der Waals surface area contributed by atoms with Gasteiger partial charge in [-0.1, -0.05) is 5.16 Å². The van der Waals surface area contributed by atoms with E-state index in [2.05, 4.69) is 10.5 Å². The van der Waals surface area contributed by atoms with Gasteiger partial charge in [0.25, 0.3) is 5.91 Å². The number of nitrogens with zero attached hydrogens (tertiary/aromatic N) is 1. The van der Waals surface area contributed by atoms with Gasteiger partial charge in [0.2, 0.25) is 0 Å². The first-order valence-electron chi connectivity index (χ1n) is 6.76. The molecule has 0 aliphatic carbocycles. The minimum atomic E-state index is -0.942. The molecule has 8 heteroatoms. The molecule has 0 unspecified atom stereocenters. The van der Waals surface area contributed by atoms with E-state index >= 15 is 0 Å². The van der Waals surface area contributed by atoms with Crippen LogP contribution in [0.15, 0.2) is 34.9 Å². The van der Waals surface area contributed by atoms with E-state index in [0.717, 1.165) is 0 Å². The molecule has 1 aromatic carbocycles. The number of carbonyl (C=O) groups excluding carboxylic acids is 2. The highest BCUT2D eigenvalue weighted by Crippen LogP contribution is 2.13. The monoisotopic (exact) mass is 322 g/mol. The number of carbonyl (C=O) groups is 2. The van der Waals surface area contributed by atoms with Gasteiger partial charge >= 0.3 is 5.97 Å². The van der Waals surface area contributed by atoms with Crippen molar-refractivity contribution < 1.29 is 28.0 Å². The minimum Gasteiger partial charge on any atom is -0.479 e. The van der Waals surface area contributed by atoms with Crippen molar-refractivity contribution in [2.45, 2.75) is 20.0 Å². The number of aryl methyl sites for hydroxylation is 1. The lowest BCUT2D eigenvalue weighted by Gasteiger charge is -2.13. The smallest absolute Gasteiger partial charge is 0.347 e. The topological polar surface area (TPSA) is 90.7 Å². The molecule has 1 heterocycles. The molecule has 0 saturated heterocycles. The highest BCUT2D eigenvalue weighted by atomic mass is 19.1. The van der Waals surface area contributed by atoms with E-state index in [4.69, 9.17) is 14.0 Å². The maximum absolute atomic E-state index is 12.8. The number of benzene rings is 1. The molecule has 0 aliphatic heterocycles. The summed E-state index contributed by atoms with van der Waals surface area (Å²) < 4.78 is 27.7. The van der Waals surface area contributed by atoms with Crippen molar-refractivity contribution >= 4 is 17.7 Å². The van der Waals surface area contributed by atoms with Crippen LogP contribution in [0.1, 0.15) is 12.7 Å². The van der Waals surface area contributed by atoms with Crippen molar-refractivity contribution in [2.24, 2.45) is 0 Å². The van der Waals surface area contributed by atoms with Gasteiger partial charge in [-0.25, -0.2) is 9.18 Å². The lowest BCUT2D eigenvalue weighted by Crippen LogP contribution is -2.29. The number of nitrogens with one attached hydrogen (secondary N) is 1. The zero-order valence-electron chi connectivity index (χ0n) is 12.5. The van der Waals surface area contributed by atoms with Crippen LogP contribution in [-0.4, -0.2) is 29.7 Å². The van der Waals surface area contributed by atoms with Crippen molar-refractivity contribution in [3.63, 3.8) is 0 Å². The molecule has 2 rings (SSSR count). The quantitative estimate of drug-likeness (QED) is 0.819. The van der Waals surface area contributed by atoms with Gasteiger partial charge in [-0.15, -0.1) is 0 Å². The Labute approximate surface area is 131 Å². The number of halogens is 1. The van der Waals surface area contributed by atoms with Gasteiger partial charge in [0.1, 0.15) is 17.3 Å². The summed E-state index contributed by atoms with van der Waals surface area (Å²) in [5.74, 6) is -0.593. The Balaban J connectivity index is 1.77. The number of anilines is 1. The average molecular weight is 322 g/mol. The number of hydrogen-bond acceptors (Lipinski definition) is 6.